The number of benzene rings is 3. The summed E-state index contributed by atoms with van der Waals surface area (Å²) in [5, 5.41) is 14.7. The number of rotatable bonds is 8. The smallest absolute Gasteiger partial charge is 0.304 e. The first-order valence-corrected chi connectivity index (χ1v) is 13.0. The van der Waals surface area contributed by atoms with Crippen LogP contribution in [0.4, 0.5) is 0 Å². The van der Waals surface area contributed by atoms with E-state index in [1.807, 2.05) is 55.5 Å². The zero-order chi connectivity index (χ0) is 25.8. The lowest BCUT2D eigenvalue weighted by Gasteiger charge is -2.24. The van der Waals surface area contributed by atoms with Gasteiger partial charge >= 0.3 is 5.97 Å². The van der Waals surface area contributed by atoms with Gasteiger partial charge in [-0.25, -0.2) is 0 Å². The Morgan fingerprint density at radius 2 is 1.70 bits per heavy atom. The third-order valence-electron chi connectivity index (χ3n) is 7.26. The first kappa shape index (κ1) is 24.9. The Labute approximate surface area is 216 Å². The summed E-state index contributed by atoms with van der Waals surface area (Å²) in [6.45, 7) is 2.91. The van der Waals surface area contributed by atoms with E-state index in [4.69, 9.17) is 14.2 Å². The summed E-state index contributed by atoms with van der Waals surface area (Å²) in [5.74, 6) is 0.605. The predicted molar refractivity (Wildman–Crippen MR) is 141 cm³/mol. The number of carbonyl (C=O) groups excluding carboxylic acids is 1. The van der Waals surface area contributed by atoms with Crippen molar-refractivity contribution in [3.63, 3.8) is 0 Å². The highest BCUT2D eigenvalue weighted by molar-refractivity contribution is 5.85. The third kappa shape index (κ3) is 5.98. The van der Waals surface area contributed by atoms with Gasteiger partial charge in [0.15, 0.2) is 18.1 Å². The Balaban J connectivity index is 1.37. The van der Waals surface area contributed by atoms with E-state index in [1.54, 1.807) is 0 Å². The lowest BCUT2D eigenvalue weighted by atomic mass is 9.85. The molecule has 2 N–H and O–H groups in total. The molecule has 1 aliphatic carbocycles. The molecule has 37 heavy (non-hydrogen) atoms. The highest BCUT2D eigenvalue weighted by Gasteiger charge is 2.24. The van der Waals surface area contributed by atoms with Gasteiger partial charge in [0.2, 0.25) is 0 Å². The predicted octanol–water partition coefficient (Wildman–Crippen LogP) is 5.35. The number of ether oxygens (including phenoxy) is 3. The maximum Gasteiger partial charge on any atom is 0.304 e. The molecule has 7 heteroatoms. The van der Waals surface area contributed by atoms with Crippen molar-refractivity contribution >= 4 is 22.6 Å². The molecule has 1 heterocycles. The zero-order valence-electron chi connectivity index (χ0n) is 21.1. The minimum atomic E-state index is -0.875. The van der Waals surface area contributed by atoms with Gasteiger partial charge in [-0.15, -0.1) is 0 Å². The van der Waals surface area contributed by atoms with Crippen molar-refractivity contribution < 1.29 is 28.9 Å². The SMILES string of the molecule is Cc1cc2c(cc1C(CC(=O)O)c1ccc3ccc(OCC(=O)NC4CCCCC4)cc3c1)OCCO2. The second kappa shape index (κ2) is 11.1. The number of hydrogen-bond acceptors (Lipinski definition) is 5. The summed E-state index contributed by atoms with van der Waals surface area (Å²) < 4.78 is 17.3. The van der Waals surface area contributed by atoms with Crippen LogP contribution in [0.1, 0.15) is 61.1 Å². The average molecular weight is 504 g/mol. The number of carboxylic acid groups (broad SMARTS) is 1. The van der Waals surface area contributed by atoms with Gasteiger partial charge in [0.1, 0.15) is 19.0 Å². The van der Waals surface area contributed by atoms with E-state index >= 15 is 0 Å². The fourth-order valence-electron chi connectivity index (χ4n) is 5.38. The summed E-state index contributed by atoms with van der Waals surface area (Å²) in [6.07, 6.45) is 5.57. The standard InChI is InChI=1S/C30H33NO6/c1-19-13-27-28(36-12-11-35-27)16-25(19)26(17-30(33)34)21-8-7-20-9-10-24(15-22(20)14-21)37-18-29(32)31-23-5-3-2-4-6-23/h7-10,13-16,23,26H,2-6,11-12,17-18H2,1H3,(H,31,32)(H,33,34). The average Bonchev–Trinajstić information content (AvgIpc) is 2.90. The molecule has 5 rings (SSSR count). The van der Waals surface area contributed by atoms with E-state index in [2.05, 4.69) is 5.32 Å². The van der Waals surface area contributed by atoms with Gasteiger partial charge in [0.05, 0.1) is 6.42 Å². The Morgan fingerprint density at radius 3 is 2.46 bits per heavy atom. The molecule has 0 spiro atoms. The quantitative estimate of drug-likeness (QED) is 0.430. The van der Waals surface area contributed by atoms with E-state index in [0.717, 1.165) is 53.1 Å². The lowest BCUT2D eigenvalue weighted by Crippen LogP contribution is -2.38. The van der Waals surface area contributed by atoms with Crippen molar-refractivity contribution in [2.24, 2.45) is 0 Å². The first-order chi connectivity index (χ1) is 18.0. The molecular weight excluding hydrogens is 470 g/mol. The first-order valence-electron chi connectivity index (χ1n) is 13.0. The van der Waals surface area contributed by atoms with Crippen molar-refractivity contribution in [2.45, 2.75) is 57.4 Å². The number of aryl methyl sites for hydroxylation is 1. The minimum Gasteiger partial charge on any atom is -0.486 e. The van der Waals surface area contributed by atoms with E-state index in [9.17, 15) is 14.7 Å². The van der Waals surface area contributed by atoms with Crippen LogP contribution in [0.5, 0.6) is 17.2 Å². The third-order valence-corrected chi connectivity index (χ3v) is 7.26. The van der Waals surface area contributed by atoms with E-state index in [-0.39, 0.29) is 30.9 Å². The van der Waals surface area contributed by atoms with Gasteiger partial charge in [-0.2, -0.15) is 0 Å². The maximum absolute atomic E-state index is 12.4. The molecule has 1 atom stereocenters. The molecule has 3 aromatic rings. The van der Waals surface area contributed by atoms with Gasteiger partial charge in [-0.3, -0.25) is 9.59 Å². The van der Waals surface area contributed by atoms with Crippen LogP contribution < -0.4 is 19.5 Å². The van der Waals surface area contributed by atoms with E-state index in [0.29, 0.717) is 30.5 Å². The number of amides is 1. The van der Waals surface area contributed by atoms with Crippen LogP contribution in [0.3, 0.4) is 0 Å². The number of aliphatic carboxylic acids is 1. The number of carbonyl (C=O) groups is 2. The summed E-state index contributed by atoms with van der Waals surface area (Å²) in [6, 6.07) is 15.8. The zero-order valence-corrected chi connectivity index (χ0v) is 21.1. The van der Waals surface area contributed by atoms with Crippen molar-refractivity contribution in [3.05, 3.63) is 65.2 Å². The summed E-state index contributed by atoms with van der Waals surface area (Å²) in [7, 11) is 0. The van der Waals surface area contributed by atoms with E-state index in [1.165, 1.54) is 6.42 Å². The largest absolute Gasteiger partial charge is 0.486 e. The fourth-order valence-corrected chi connectivity index (χ4v) is 5.38. The minimum absolute atomic E-state index is 0.0280. The molecule has 1 saturated carbocycles. The van der Waals surface area contributed by atoms with Crippen molar-refractivity contribution in [2.75, 3.05) is 19.8 Å². The summed E-state index contributed by atoms with van der Waals surface area (Å²) in [4.78, 5) is 24.2. The van der Waals surface area contributed by atoms with Gasteiger partial charge < -0.3 is 24.6 Å². The molecule has 7 nitrogen and oxygen atoms in total. The van der Waals surface area contributed by atoms with Gasteiger partial charge in [-0.1, -0.05) is 43.5 Å². The van der Waals surface area contributed by atoms with Crippen LogP contribution in [0.25, 0.3) is 10.8 Å². The lowest BCUT2D eigenvalue weighted by molar-refractivity contribution is -0.137. The molecule has 0 bridgehead atoms. The van der Waals surface area contributed by atoms with Crippen LogP contribution in [0.15, 0.2) is 48.5 Å². The van der Waals surface area contributed by atoms with Gasteiger partial charge in [0, 0.05) is 12.0 Å². The Kier molecular flexibility index (Phi) is 7.49. The number of hydrogen-bond donors (Lipinski definition) is 2. The second-order valence-corrected chi connectivity index (χ2v) is 9.96. The Bertz CT molecular complexity index is 1300. The van der Waals surface area contributed by atoms with Gasteiger partial charge in [-0.05, 0) is 71.5 Å². The number of nitrogens with one attached hydrogen (secondary N) is 1. The monoisotopic (exact) mass is 503 g/mol. The molecule has 1 fully saturated rings. The number of fused-ring (bicyclic) bond motifs is 2. The van der Waals surface area contributed by atoms with Crippen LogP contribution in [0, 0.1) is 6.92 Å². The highest BCUT2D eigenvalue weighted by atomic mass is 16.6. The van der Waals surface area contributed by atoms with Crippen LogP contribution in [-0.2, 0) is 9.59 Å². The molecule has 0 saturated heterocycles. The normalized spacial score (nSPS) is 16.2. The number of carboxylic acids is 1. The van der Waals surface area contributed by atoms with Crippen molar-refractivity contribution in [1.29, 1.82) is 0 Å². The molecule has 1 amide bonds. The Hall–Kier alpha value is -3.74. The summed E-state index contributed by atoms with van der Waals surface area (Å²) in [5.41, 5.74) is 2.75. The van der Waals surface area contributed by atoms with Gasteiger partial charge in [0.25, 0.3) is 5.91 Å². The Morgan fingerprint density at radius 1 is 0.973 bits per heavy atom. The van der Waals surface area contributed by atoms with Crippen LogP contribution in [-0.4, -0.2) is 42.8 Å². The highest BCUT2D eigenvalue weighted by Crippen LogP contribution is 2.39. The molecule has 1 aliphatic heterocycles. The topological polar surface area (TPSA) is 94.1 Å². The van der Waals surface area contributed by atoms with Crippen LogP contribution in [0.2, 0.25) is 0 Å². The second-order valence-electron chi connectivity index (χ2n) is 9.96. The van der Waals surface area contributed by atoms with E-state index < -0.39 is 5.97 Å². The molecule has 2 aliphatic rings. The fraction of sp³-hybridized carbons (Fsp3) is 0.400. The molecule has 194 valence electrons. The summed E-state index contributed by atoms with van der Waals surface area (Å²) >= 11 is 0. The molecular formula is C30H33NO6. The molecule has 3 aromatic carbocycles. The maximum atomic E-state index is 12.4. The molecule has 0 radical (unpaired) electrons. The van der Waals surface area contributed by atoms with Crippen molar-refractivity contribution in [1.82, 2.24) is 5.32 Å². The molecule has 1 unspecified atom stereocenters. The molecule has 0 aromatic heterocycles. The van der Waals surface area contributed by atoms with Crippen molar-refractivity contribution in [3.8, 4) is 17.2 Å². The van der Waals surface area contributed by atoms with Crippen LogP contribution >= 0.6 is 0 Å².